The molecule has 2 aromatic carbocycles. The number of hydrogen-bond donors (Lipinski definition) is 1. The Morgan fingerprint density at radius 3 is 2.42 bits per heavy atom. The fourth-order valence-corrected chi connectivity index (χ4v) is 3.86. The number of anilines is 2. The lowest BCUT2D eigenvalue weighted by molar-refractivity contribution is -0.130. The van der Waals surface area contributed by atoms with Crippen molar-refractivity contribution in [3.63, 3.8) is 0 Å². The predicted molar refractivity (Wildman–Crippen MR) is 122 cm³/mol. The molecule has 2 N–H and O–H groups in total. The van der Waals surface area contributed by atoms with Gasteiger partial charge in [-0.1, -0.05) is 12.1 Å². The summed E-state index contributed by atoms with van der Waals surface area (Å²) in [5.41, 5.74) is 6.87. The lowest BCUT2D eigenvalue weighted by atomic mass is 10.2. The van der Waals surface area contributed by atoms with E-state index in [2.05, 4.69) is 9.97 Å². The summed E-state index contributed by atoms with van der Waals surface area (Å²) in [6.07, 6.45) is 1.35. The first kappa shape index (κ1) is 20.7. The molecule has 0 atom stereocenters. The molecule has 2 aliphatic rings. The van der Waals surface area contributed by atoms with Crippen LogP contribution in [0.2, 0.25) is 0 Å². The second-order valence-corrected chi connectivity index (χ2v) is 7.56. The van der Waals surface area contributed by atoms with Gasteiger partial charge >= 0.3 is 0 Å². The number of carbonyl (C=O) groups is 1. The average molecular weight is 449 g/mol. The Bertz CT molecular complexity index is 1250. The first-order valence-electron chi connectivity index (χ1n) is 10.4. The highest BCUT2D eigenvalue weighted by Crippen LogP contribution is 2.35. The molecule has 3 heterocycles. The molecule has 5 rings (SSSR count). The van der Waals surface area contributed by atoms with Gasteiger partial charge in [0.2, 0.25) is 11.7 Å². The van der Waals surface area contributed by atoms with E-state index in [0.717, 1.165) is 0 Å². The van der Waals surface area contributed by atoms with Crippen molar-refractivity contribution in [1.29, 1.82) is 0 Å². The summed E-state index contributed by atoms with van der Waals surface area (Å²) in [4.78, 5) is 25.8. The van der Waals surface area contributed by atoms with E-state index in [1.54, 1.807) is 43.4 Å². The number of piperazine rings is 1. The lowest BCUT2D eigenvalue weighted by Crippen LogP contribution is -2.50. The van der Waals surface area contributed by atoms with Crippen LogP contribution in [0.5, 0.6) is 23.0 Å². The van der Waals surface area contributed by atoms with E-state index >= 15 is 0 Å². The topological polar surface area (TPSA) is 112 Å². The van der Waals surface area contributed by atoms with Crippen molar-refractivity contribution in [3.05, 3.63) is 48.4 Å². The summed E-state index contributed by atoms with van der Waals surface area (Å²) in [6.45, 7) is 2.06. The van der Waals surface area contributed by atoms with Crippen LogP contribution in [-0.4, -0.2) is 61.2 Å². The van der Waals surface area contributed by atoms with Gasteiger partial charge in [0.1, 0.15) is 12.1 Å². The second kappa shape index (κ2) is 8.38. The number of nitrogen functional groups attached to an aromatic ring is 1. The minimum absolute atomic E-state index is 0.161. The van der Waals surface area contributed by atoms with E-state index in [0.29, 0.717) is 71.8 Å². The summed E-state index contributed by atoms with van der Waals surface area (Å²) in [5, 5.41) is 0.687. The Kier molecular flexibility index (Phi) is 5.25. The number of ether oxygens (including phenoxy) is 4. The molecule has 10 heteroatoms. The largest absolute Gasteiger partial charge is 0.493 e. The zero-order valence-corrected chi connectivity index (χ0v) is 18.3. The Morgan fingerprint density at radius 1 is 1.00 bits per heavy atom. The molecule has 3 aromatic rings. The molecular weight excluding hydrogens is 426 g/mol. The SMILES string of the molecule is COc1cc2nc(N3CCN(C(=O)C4=COc5ccccc5O4)CC3)nc(N)c2cc1OC. The van der Waals surface area contributed by atoms with Crippen molar-refractivity contribution in [2.24, 2.45) is 0 Å². The van der Waals surface area contributed by atoms with Crippen molar-refractivity contribution < 1.29 is 23.7 Å². The third-order valence-electron chi connectivity index (χ3n) is 5.64. The number of rotatable bonds is 4. The van der Waals surface area contributed by atoms with Crippen molar-refractivity contribution in [2.75, 3.05) is 51.0 Å². The molecule has 170 valence electrons. The highest BCUT2D eigenvalue weighted by Gasteiger charge is 2.29. The number of aromatic nitrogens is 2. The van der Waals surface area contributed by atoms with Gasteiger partial charge in [-0.25, -0.2) is 4.98 Å². The minimum atomic E-state index is -0.222. The normalized spacial score (nSPS) is 15.3. The molecule has 2 aliphatic heterocycles. The summed E-state index contributed by atoms with van der Waals surface area (Å²) in [7, 11) is 3.13. The van der Waals surface area contributed by atoms with E-state index in [1.165, 1.54) is 6.26 Å². The summed E-state index contributed by atoms with van der Waals surface area (Å²) in [6, 6.07) is 10.8. The second-order valence-electron chi connectivity index (χ2n) is 7.56. The van der Waals surface area contributed by atoms with Gasteiger partial charge < -0.3 is 34.5 Å². The fraction of sp³-hybridized carbons (Fsp3) is 0.261. The monoisotopic (exact) mass is 449 g/mol. The molecule has 0 unspecified atom stereocenters. The van der Waals surface area contributed by atoms with Crippen LogP contribution in [0.4, 0.5) is 11.8 Å². The molecule has 0 bridgehead atoms. The van der Waals surface area contributed by atoms with Crippen LogP contribution in [0.3, 0.4) is 0 Å². The molecule has 1 amide bonds. The first-order valence-corrected chi connectivity index (χ1v) is 10.4. The van der Waals surface area contributed by atoms with Crippen LogP contribution in [0.25, 0.3) is 10.9 Å². The number of methoxy groups -OCH3 is 2. The zero-order valence-electron chi connectivity index (χ0n) is 18.3. The van der Waals surface area contributed by atoms with Gasteiger partial charge in [-0.05, 0) is 18.2 Å². The van der Waals surface area contributed by atoms with E-state index in [4.69, 9.17) is 24.7 Å². The molecule has 10 nitrogen and oxygen atoms in total. The molecule has 1 fully saturated rings. The van der Waals surface area contributed by atoms with Crippen LogP contribution in [-0.2, 0) is 4.79 Å². The fourth-order valence-electron chi connectivity index (χ4n) is 3.86. The Balaban J connectivity index is 1.30. The number of amides is 1. The van der Waals surface area contributed by atoms with Crippen LogP contribution in [0, 0.1) is 0 Å². The molecule has 0 radical (unpaired) electrons. The molecule has 0 aliphatic carbocycles. The number of para-hydroxylation sites is 2. The number of fused-ring (bicyclic) bond motifs is 2. The third-order valence-corrected chi connectivity index (χ3v) is 5.64. The zero-order chi connectivity index (χ0) is 22.9. The molecular formula is C23H23N5O5. The Labute approximate surface area is 190 Å². The Hall–Kier alpha value is -4.21. The minimum Gasteiger partial charge on any atom is -0.493 e. The molecule has 1 saturated heterocycles. The summed E-state index contributed by atoms with van der Waals surface area (Å²) >= 11 is 0. The number of nitrogens with two attached hydrogens (primary N) is 1. The van der Waals surface area contributed by atoms with Gasteiger partial charge in [0.15, 0.2) is 23.0 Å². The molecule has 0 spiro atoms. The first-order chi connectivity index (χ1) is 16.1. The maximum atomic E-state index is 12.9. The Morgan fingerprint density at radius 2 is 1.70 bits per heavy atom. The van der Waals surface area contributed by atoms with E-state index < -0.39 is 0 Å². The van der Waals surface area contributed by atoms with Crippen LogP contribution >= 0.6 is 0 Å². The van der Waals surface area contributed by atoms with Crippen molar-refractivity contribution in [2.45, 2.75) is 0 Å². The lowest BCUT2D eigenvalue weighted by Gasteiger charge is -2.35. The maximum Gasteiger partial charge on any atom is 0.292 e. The van der Waals surface area contributed by atoms with Crippen molar-refractivity contribution >= 4 is 28.6 Å². The molecule has 33 heavy (non-hydrogen) atoms. The van der Waals surface area contributed by atoms with Crippen molar-refractivity contribution in [3.8, 4) is 23.0 Å². The quantitative estimate of drug-likeness (QED) is 0.640. The van der Waals surface area contributed by atoms with Crippen LogP contribution in [0.15, 0.2) is 48.4 Å². The van der Waals surface area contributed by atoms with E-state index in [-0.39, 0.29) is 11.7 Å². The average Bonchev–Trinajstić information content (AvgIpc) is 2.87. The van der Waals surface area contributed by atoms with Crippen molar-refractivity contribution in [1.82, 2.24) is 14.9 Å². The van der Waals surface area contributed by atoms with E-state index in [1.807, 2.05) is 17.0 Å². The molecule has 1 aromatic heterocycles. The summed E-state index contributed by atoms with van der Waals surface area (Å²) in [5.74, 6) is 3.03. The summed E-state index contributed by atoms with van der Waals surface area (Å²) < 4.78 is 22.0. The van der Waals surface area contributed by atoms with Gasteiger partial charge in [0, 0.05) is 37.6 Å². The standard InChI is InChI=1S/C23H23N5O5/c1-30-18-11-14-15(12-19(18)31-2)25-23(26-21(14)24)28-9-7-27(8-10-28)22(29)20-13-32-16-5-3-4-6-17(16)33-20/h3-6,11-13H,7-10H2,1-2H3,(H2,24,25,26). The highest BCUT2D eigenvalue weighted by molar-refractivity contribution is 5.93. The third kappa shape index (κ3) is 3.79. The van der Waals surface area contributed by atoms with E-state index in [9.17, 15) is 4.79 Å². The van der Waals surface area contributed by atoms with Crippen LogP contribution in [0.1, 0.15) is 0 Å². The van der Waals surface area contributed by atoms with Gasteiger partial charge in [-0.15, -0.1) is 0 Å². The molecule has 0 saturated carbocycles. The smallest absolute Gasteiger partial charge is 0.292 e. The predicted octanol–water partition coefficient (Wildman–Crippen LogP) is 2.19. The highest BCUT2D eigenvalue weighted by atomic mass is 16.6. The maximum absolute atomic E-state index is 12.9. The number of hydrogen-bond acceptors (Lipinski definition) is 9. The van der Waals surface area contributed by atoms with Gasteiger partial charge in [-0.2, -0.15) is 4.98 Å². The van der Waals surface area contributed by atoms with Crippen LogP contribution < -0.4 is 29.6 Å². The number of benzene rings is 2. The number of carbonyl (C=O) groups excluding carboxylic acids is 1. The van der Waals surface area contributed by atoms with Gasteiger partial charge in [0.25, 0.3) is 5.91 Å². The number of nitrogens with zero attached hydrogens (tertiary/aromatic N) is 4. The van der Waals surface area contributed by atoms with Gasteiger partial charge in [0.05, 0.1) is 19.7 Å². The van der Waals surface area contributed by atoms with Gasteiger partial charge in [-0.3, -0.25) is 4.79 Å².